The van der Waals surface area contributed by atoms with Crippen LogP contribution < -0.4 is 0 Å². The first-order chi connectivity index (χ1) is 8.56. The first kappa shape index (κ1) is 13.2. The summed E-state index contributed by atoms with van der Waals surface area (Å²) in [5.74, 6) is -0.685. The summed E-state index contributed by atoms with van der Waals surface area (Å²) >= 11 is 3.54. The molecule has 0 aliphatic rings. The van der Waals surface area contributed by atoms with Gasteiger partial charge in [-0.25, -0.2) is 4.79 Å². The van der Waals surface area contributed by atoms with E-state index in [9.17, 15) is 9.90 Å². The lowest BCUT2D eigenvalue weighted by Crippen LogP contribution is -1.98. The van der Waals surface area contributed by atoms with Crippen LogP contribution in [0.1, 0.15) is 10.4 Å². The second-order valence-electron chi connectivity index (χ2n) is 3.54. The van der Waals surface area contributed by atoms with Crippen molar-refractivity contribution < 1.29 is 15.0 Å². The number of carboxylic acids is 1. The Morgan fingerprint density at radius 3 is 2.22 bits per heavy atom. The zero-order valence-electron chi connectivity index (χ0n) is 9.13. The van der Waals surface area contributed by atoms with E-state index in [1.165, 1.54) is 11.8 Å². The van der Waals surface area contributed by atoms with Gasteiger partial charge in [0.15, 0.2) is 0 Å². The van der Waals surface area contributed by atoms with Gasteiger partial charge in [0.25, 0.3) is 0 Å². The SMILES string of the molecule is O=C(O)c1ccc(Sc2ccc(O)cc2)cc1I. The third kappa shape index (κ3) is 3.17. The number of phenols is 1. The smallest absolute Gasteiger partial charge is 0.336 e. The van der Waals surface area contributed by atoms with Crippen LogP contribution in [0.4, 0.5) is 0 Å². The maximum atomic E-state index is 10.9. The van der Waals surface area contributed by atoms with Gasteiger partial charge in [0, 0.05) is 13.4 Å². The van der Waals surface area contributed by atoms with E-state index in [-0.39, 0.29) is 5.75 Å². The van der Waals surface area contributed by atoms with Crippen LogP contribution in [-0.2, 0) is 0 Å². The van der Waals surface area contributed by atoms with Gasteiger partial charge >= 0.3 is 5.97 Å². The van der Waals surface area contributed by atoms with E-state index < -0.39 is 5.97 Å². The molecule has 0 unspecified atom stereocenters. The Morgan fingerprint density at radius 1 is 1.06 bits per heavy atom. The molecule has 0 aromatic heterocycles. The van der Waals surface area contributed by atoms with Crippen LogP contribution in [0.3, 0.4) is 0 Å². The van der Waals surface area contributed by atoms with E-state index in [4.69, 9.17) is 5.11 Å². The van der Waals surface area contributed by atoms with Crippen molar-refractivity contribution in [1.82, 2.24) is 0 Å². The Kier molecular flexibility index (Phi) is 4.13. The minimum atomic E-state index is -0.916. The van der Waals surface area contributed by atoms with E-state index in [1.54, 1.807) is 24.3 Å². The lowest BCUT2D eigenvalue weighted by Gasteiger charge is -2.04. The number of aromatic hydroxyl groups is 1. The van der Waals surface area contributed by atoms with Crippen LogP contribution in [0.15, 0.2) is 52.3 Å². The highest BCUT2D eigenvalue weighted by Crippen LogP contribution is 2.30. The molecule has 3 nitrogen and oxygen atoms in total. The quantitative estimate of drug-likeness (QED) is 0.804. The predicted molar refractivity (Wildman–Crippen MR) is 78.3 cm³/mol. The molecule has 18 heavy (non-hydrogen) atoms. The molecule has 5 heteroatoms. The fraction of sp³-hybridized carbons (Fsp3) is 0. The van der Waals surface area contributed by atoms with Crippen LogP contribution in [0.5, 0.6) is 5.75 Å². The molecule has 0 saturated heterocycles. The van der Waals surface area contributed by atoms with Crippen molar-refractivity contribution in [3.8, 4) is 5.75 Å². The highest BCUT2D eigenvalue weighted by Gasteiger charge is 2.08. The minimum Gasteiger partial charge on any atom is -0.508 e. The summed E-state index contributed by atoms with van der Waals surface area (Å²) in [6.07, 6.45) is 0. The Balaban J connectivity index is 2.22. The molecule has 92 valence electrons. The standard InChI is InChI=1S/C13H9IO3S/c14-12-7-10(5-6-11(12)13(16)17)18-9-3-1-8(15)2-4-9/h1-7,15H,(H,16,17). The summed E-state index contributed by atoms with van der Waals surface area (Å²) in [6, 6.07) is 12.1. The number of phenolic OH excluding ortho intramolecular Hbond substituents is 1. The lowest BCUT2D eigenvalue weighted by molar-refractivity contribution is 0.0695. The molecule has 0 radical (unpaired) electrons. The first-order valence-electron chi connectivity index (χ1n) is 5.06. The third-order valence-electron chi connectivity index (χ3n) is 2.24. The van der Waals surface area contributed by atoms with Crippen molar-refractivity contribution in [2.75, 3.05) is 0 Å². The lowest BCUT2D eigenvalue weighted by atomic mass is 10.2. The van der Waals surface area contributed by atoms with Crippen LogP contribution >= 0.6 is 34.4 Å². The van der Waals surface area contributed by atoms with Crippen molar-refractivity contribution in [2.24, 2.45) is 0 Å². The van der Waals surface area contributed by atoms with Crippen LogP contribution in [-0.4, -0.2) is 16.2 Å². The minimum absolute atomic E-state index is 0.232. The van der Waals surface area contributed by atoms with Gasteiger partial charge < -0.3 is 10.2 Å². The fourth-order valence-electron chi connectivity index (χ4n) is 1.38. The summed E-state index contributed by atoms with van der Waals surface area (Å²) in [7, 11) is 0. The molecule has 2 rings (SSSR count). The molecule has 2 aromatic rings. The molecule has 0 aliphatic heterocycles. The zero-order chi connectivity index (χ0) is 13.1. The number of benzene rings is 2. The van der Waals surface area contributed by atoms with Gasteiger partial charge in [0.2, 0.25) is 0 Å². The molecule has 2 aromatic carbocycles. The van der Waals surface area contributed by atoms with Crippen LogP contribution in [0.2, 0.25) is 0 Å². The summed E-state index contributed by atoms with van der Waals surface area (Å²) in [5, 5.41) is 18.1. The molecule has 0 spiro atoms. The number of hydrogen-bond donors (Lipinski definition) is 2. The largest absolute Gasteiger partial charge is 0.508 e. The molecule has 0 heterocycles. The van der Waals surface area contributed by atoms with Crippen molar-refractivity contribution in [1.29, 1.82) is 0 Å². The van der Waals surface area contributed by atoms with Crippen molar-refractivity contribution in [3.05, 3.63) is 51.6 Å². The van der Waals surface area contributed by atoms with Gasteiger partial charge in [-0.05, 0) is 65.1 Å². The average Bonchev–Trinajstić information content (AvgIpc) is 2.32. The van der Waals surface area contributed by atoms with Gasteiger partial charge in [-0.15, -0.1) is 0 Å². The summed E-state index contributed by atoms with van der Waals surface area (Å²) in [5.41, 5.74) is 0.311. The molecular formula is C13H9IO3S. The van der Waals surface area contributed by atoms with Gasteiger partial charge in [-0.1, -0.05) is 11.8 Å². The van der Waals surface area contributed by atoms with Crippen LogP contribution in [0.25, 0.3) is 0 Å². The Labute approximate surface area is 122 Å². The van der Waals surface area contributed by atoms with E-state index in [1.807, 2.05) is 40.8 Å². The molecule has 0 fully saturated rings. The highest BCUT2D eigenvalue weighted by atomic mass is 127. The van der Waals surface area contributed by atoms with Gasteiger partial charge in [0.05, 0.1) is 5.56 Å². The van der Waals surface area contributed by atoms with Crippen molar-refractivity contribution in [2.45, 2.75) is 9.79 Å². The molecule has 0 bridgehead atoms. The molecule has 0 aliphatic carbocycles. The van der Waals surface area contributed by atoms with E-state index in [0.29, 0.717) is 9.13 Å². The maximum Gasteiger partial charge on any atom is 0.336 e. The number of halogens is 1. The zero-order valence-corrected chi connectivity index (χ0v) is 12.1. The van der Waals surface area contributed by atoms with Gasteiger partial charge in [-0.2, -0.15) is 0 Å². The highest BCUT2D eigenvalue weighted by molar-refractivity contribution is 14.1. The number of hydrogen-bond acceptors (Lipinski definition) is 3. The third-order valence-corrected chi connectivity index (χ3v) is 4.13. The van der Waals surface area contributed by atoms with Crippen molar-refractivity contribution in [3.63, 3.8) is 0 Å². The molecule has 0 amide bonds. The second-order valence-corrected chi connectivity index (χ2v) is 5.85. The summed E-state index contributed by atoms with van der Waals surface area (Å²) in [4.78, 5) is 12.8. The fourth-order valence-corrected chi connectivity index (χ4v) is 3.20. The monoisotopic (exact) mass is 372 g/mol. The molecule has 0 saturated carbocycles. The second kappa shape index (κ2) is 5.62. The van der Waals surface area contributed by atoms with Crippen LogP contribution in [0, 0.1) is 3.57 Å². The maximum absolute atomic E-state index is 10.9. The van der Waals surface area contributed by atoms with Gasteiger partial charge in [-0.3, -0.25) is 0 Å². The average molecular weight is 372 g/mol. The molecule has 0 atom stereocenters. The Morgan fingerprint density at radius 2 is 1.67 bits per heavy atom. The molecule has 2 N–H and O–H groups in total. The Bertz CT molecular complexity index is 581. The van der Waals surface area contributed by atoms with E-state index in [0.717, 1.165) is 9.79 Å². The Hall–Kier alpha value is -1.21. The summed E-state index contributed by atoms with van der Waals surface area (Å²) in [6.45, 7) is 0. The number of rotatable bonds is 3. The predicted octanol–water partition coefficient (Wildman–Crippen LogP) is 3.85. The number of carboxylic acid groups (broad SMARTS) is 1. The van der Waals surface area contributed by atoms with Gasteiger partial charge in [0.1, 0.15) is 5.75 Å². The van der Waals surface area contributed by atoms with E-state index >= 15 is 0 Å². The van der Waals surface area contributed by atoms with Crippen molar-refractivity contribution >= 4 is 40.3 Å². The van der Waals surface area contributed by atoms with E-state index in [2.05, 4.69) is 0 Å². The number of aromatic carboxylic acids is 1. The number of carbonyl (C=O) groups is 1. The summed E-state index contributed by atoms with van der Waals surface area (Å²) < 4.78 is 0.712. The first-order valence-corrected chi connectivity index (χ1v) is 6.95. The molecular weight excluding hydrogens is 363 g/mol. The normalized spacial score (nSPS) is 10.3. The topological polar surface area (TPSA) is 57.5 Å².